The normalized spacial score (nSPS) is 12.1. The van der Waals surface area contributed by atoms with Crippen LogP contribution >= 0.6 is 0 Å². The summed E-state index contributed by atoms with van der Waals surface area (Å²) in [7, 11) is 0. The Bertz CT molecular complexity index is 1100. The summed E-state index contributed by atoms with van der Waals surface area (Å²) in [5.41, 5.74) is 7.71. The van der Waals surface area contributed by atoms with Gasteiger partial charge in [-0.05, 0) is 90.0 Å². The first-order valence-corrected chi connectivity index (χ1v) is 11.2. The molecule has 3 aromatic carbocycles. The highest BCUT2D eigenvalue weighted by molar-refractivity contribution is 5.95. The summed E-state index contributed by atoms with van der Waals surface area (Å²) < 4.78 is 5.81. The highest BCUT2D eigenvalue weighted by Gasteiger charge is 2.19. The second kappa shape index (κ2) is 9.74. The lowest BCUT2D eigenvalue weighted by Gasteiger charge is -2.06. The van der Waals surface area contributed by atoms with Gasteiger partial charge in [0.2, 0.25) is 0 Å². The number of nitrogens with zero attached hydrogens (tertiary/aromatic N) is 1. The molecule has 0 radical (unpaired) electrons. The summed E-state index contributed by atoms with van der Waals surface area (Å²) in [5, 5.41) is 0. The first-order chi connectivity index (χ1) is 15.1. The van der Waals surface area contributed by atoms with Gasteiger partial charge >= 0.3 is 0 Å². The molecule has 0 amide bonds. The Kier molecular flexibility index (Phi) is 6.61. The van der Waals surface area contributed by atoms with E-state index in [1.807, 2.05) is 42.6 Å². The number of Topliss-reactive ketones (excluding diaryl/α,β-unsaturated/α-hetero) is 1. The topological polar surface area (TPSA) is 38.7 Å². The molecule has 0 atom stereocenters. The van der Waals surface area contributed by atoms with Gasteiger partial charge in [0.15, 0.2) is 5.78 Å². The fraction of sp³-hybridized carbons (Fsp3) is 0.286. The fourth-order valence-corrected chi connectivity index (χ4v) is 4.01. The maximum atomic E-state index is 11.7. The summed E-state index contributed by atoms with van der Waals surface area (Å²) in [6.07, 6.45) is 7.58. The van der Waals surface area contributed by atoms with E-state index in [4.69, 9.17) is 4.74 Å². The SMILES string of the molecule is CCCCCCOc1ccc(C=Nc2ccc3c(c2)Cc2cc(C(C)=O)ccc2-3)cc1. The predicted molar refractivity (Wildman–Crippen MR) is 128 cm³/mol. The van der Waals surface area contributed by atoms with Gasteiger partial charge in [-0.25, -0.2) is 0 Å². The minimum Gasteiger partial charge on any atom is -0.494 e. The van der Waals surface area contributed by atoms with E-state index in [1.54, 1.807) is 6.92 Å². The van der Waals surface area contributed by atoms with Crippen LogP contribution < -0.4 is 4.74 Å². The van der Waals surface area contributed by atoms with Gasteiger partial charge < -0.3 is 4.74 Å². The molecule has 3 aromatic rings. The molecule has 3 nitrogen and oxygen atoms in total. The number of rotatable bonds is 9. The molecule has 31 heavy (non-hydrogen) atoms. The number of carbonyl (C=O) groups is 1. The first-order valence-electron chi connectivity index (χ1n) is 11.2. The number of aliphatic imine (C=N–C) groups is 1. The quantitative estimate of drug-likeness (QED) is 0.166. The van der Waals surface area contributed by atoms with Crippen molar-refractivity contribution in [2.75, 3.05) is 6.61 Å². The largest absolute Gasteiger partial charge is 0.494 e. The van der Waals surface area contributed by atoms with Crippen molar-refractivity contribution in [3.8, 4) is 16.9 Å². The predicted octanol–water partition coefficient (Wildman–Crippen LogP) is 7.17. The second-order valence-corrected chi connectivity index (χ2v) is 8.18. The van der Waals surface area contributed by atoms with E-state index >= 15 is 0 Å². The zero-order chi connectivity index (χ0) is 21.6. The molecule has 0 heterocycles. The van der Waals surface area contributed by atoms with Crippen molar-refractivity contribution in [3.05, 3.63) is 82.9 Å². The number of carbonyl (C=O) groups excluding carboxylic acids is 1. The molecule has 0 spiro atoms. The van der Waals surface area contributed by atoms with Crippen molar-refractivity contribution in [1.82, 2.24) is 0 Å². The minimum atomic E-state index is 0.108. The van der Waals surface area contributed by atoms with Crippen molar-refractivity contribution in [3.63, 3.8) is 0 Å². The van der Waals surface area contributed by atoms with Gasteiger partial charge in [-0.1, -0.05) is 44.4 Å². The summed E-state index contributed by atoms with van der Waals surface area (Å²) in [4.78, 5) is 16.3. The number of ether oxygens (including phenoxy) is 1. The zero-order valence-corrected chi connectivity index (χ0v) is 18.4. The van der Waals surface area contributed by atoms with Crippen LogP contribution in [0.4, 0.5) is 5.69 Å². The van der Waals surface area contributed by atoms with Crippen molar-refractivity contribution in [2.45, 2.75) is 46.0 Å². The van der Waals surface area contributed by atoms with Crippen molar-refractivity contribution in [1.29, 1.82) is 0 Å². The summed E-state index contributed by atoms with van der Waals surface area (Å²) in [5.74, 6) is 1.02. The van der Waals surface area contributed by atoms with Gasteiger partial charge in [0, 0.05) is 11.8 Å². The van der Waals surface area contributed by atoms with E-state index in [-0.39, 0.29) is 5.78 Å². The molecule has 4 rings (SSSR count). The molecule has 0 unspecified atom stereocenters. The van der Waals surface area contributed by atoms with Gasteiger partial charge in [-0.15, -0.1) is 0 Å². The van der Waals surface area contributed by atoms with Crippen molar-refractivity contribution < 1.29 is 9.53 Å². The van der Waals surface area contributed by atoms with Gasteiger partial charge in [-0.2, -0.15) is 0 Å². The third-order valence-corrected chi connectivity index (χ3v) is 5.78. The maximum absolute atomic E-state index is 11.7. The van der Waals surface area contributed by atoms with Gasteiger partial charge in [0.25, 0.3) is 0 Å². The standard InChI is InChI=1S/C28H29NO2/c1-3-4-5-6-15-31-26-11-7-21(8-12-26)19-29-25-10-14-28-24(18-25)17-23-16-22(20(2)30)9-13-27(23)28/h7-14,16,18-19H,3-6,15,17H2,1-2H3. The van der Waals surface area contributed by atoms with Gasteiger partial charge in [-0.3, -0.25) is 9.79 Å². The number of hydrogen-bond acceptors (Lipinski definition) is 3. The number of benzene rings is 3. The van der Waals surface area contributed by atoms with E-state index < -0.39 is 0 Å². The number of ketones is 1. The summed E-state index contributed by atoms with van der Waals surface area (Å²) in [6, 6.07) is 20.4. The van der Waals surface area contributed by atoms with Crippen LogP contribution in [0, 0.1) is 0 Å². The van der Waals surface area contributed by atoms with Crippen LogP contribution in [0.5, 0.6) is 5.75 Å². The molecule has 158 valence electrons. The Morgan fingerprint density at radius 3 is 2.42 bits per heavy atom. The van der Waals surface area contributed by atoms with E-state index in [1.165, 1.54) is 41.5 Å². The molecule has 0 aromatic heterocycles. The van der Waals surface area contributed by atoms with E-state index in [9.17, 15) is 4.79 Å². The molecule has 0 bridgehead atoms. The monoisotopic (exact) mass is 411 g/mol. The molecular weight excluding hydrogens is 382 g/mol. The lowest BCUT2D eigenvalue weighted by Crippen LogP contribution is -1.97. The van der Waals surface area contributed by atoms with Crippen LogP contribution in [0.25, 0.3) is 11.1 Å². The third kappa shape index (κ3) is 5.11. The number of fused-ring (bicyclic) bond motifs is 3. The Hall–Kier alpha value is -3.20. The van der Waals surface area contributed by atoms with Crippen molar-refractivity contribution in [2.24, 2.45) is 4.99 Å². The van der Waals surface area contributed by atoms with Crippen LogP contribution in [0.3, 0.4) is 0 Å². The lowest BCUT2D eigenvalue weighted by atomic mass is 10.0. The van der Waals surface area contributed by atoms with Crippen LogP contribution in [0.1, 0.15) is 66.6 Å². The molecular formula is C28H29NO2. The molecule has 1 aliphatic carbocycles. The molecule has 3 heteroatoms. The molecule has 0 fully saturated rings. The smallest absolute Gasteiger partial charge is 0.159 e. The number of unbranched alkanes of at least 4 members (excludes halogenated alkanes) is 3. The van der Waals surface area contributed by atoms with Crippen LogP contribution in [-0.2, 0) is 6.42 Å². The number of hydrogen-bond donors (Lipinski definition) is 0. The van der Waals surface area contributed by atoms with E-state index in [0.717, 1.165) is 42.0 Å². The molecule has 1 aliphatic rings. The highest BCUT2D eigenvalue weighted by atomic mass is 16.5. The van der Waals surface area contributed by atoms with Crippen LogP contribution in [0.15, 0.2) is 65.7 Å². The summed E-state index contributed by atoms with van der Waals surface area (Å²) >= 11 is 0. The van der Waals surface area contributed by atoms with Gasteiger partial charge in [0.05, 0.1) is 12.3 Å². The first kappa shape index (κ1) is 21.0. The Morgan fingerprint density at radius 1 is 0.935 bits per heavy atom. The lowest BCUT2D eigenvalue weighted by molar-refractivity contribution is 0.101. The Labute approximate surface area is 184 Å². The average Bonchev–Trinajstić information content (AvgIpc) is 3.15. The fourth-order valence-electron chi connectivity index (χ4n) is 4.01. The molecule has 0 aliphatic heterocycles. The maximum Gasteiger partial charge on any atom is 0.159 e. The molecule has 0 saturated heterocycles. The Morgan fingerprint density at radius 2 is 1.68 bits per heavy atom. The highest BCUT2D eigenvalue weighted by Crippen LogP contribution is 2.38. The zero-order valence-electron chi connectivity index (χ0n) is 18.4. The summed E-state index contributed by atoms with van der Waals surface area (Å²) in [6.45, 7) is 4.61. The third-order valence-electron chi connectivity index (χ3n) is 5.78. The van der Waals surface area contributed by atoms with Crippen LogP contribution in [-0.4, -0.2) is 18.6 Å². The minimum absolute atomic E-state index is 0.108. The molecule has 0 saturated carbocycles. The van der Waals surface area contributed by atoms with E-state index in [2.05, 4.69) is 36.2 Å². The second-order valence-electron chi connectivity index (χ2n) is 8.18. The molecule has 0 N–H and O–H groups in total. The van der Waals surface area contributed by atoms with Gasteiger partial charge in [0.1, 0.15) is 5.75 Å². The average molecular weight is 412 g/mol. The van der Waals surface area contributed by atoms with E-state index in [0.29, 0.717) is 0 Å². The van der Waals surface area contributed by atoms with Crippen LogP contribution in [0.2, 0.25) is 0 Å². The Balaban J connectivity index is 1.39. The van der Waals surface area contributed by atoms with Crippen molar-refractivity contribution >= 4 is 17.7 Å².